The van der Waals surface area contributed by atoms with Crippen molar-refractivity contribution >= 4 is 0 Å². The Bertz CT molecular complexity index is 385. The van der Waals surface area contributed by atoms with Crippen LogP contribution in [0.5, 0.6) is 0 Å². The van der Waals surface area contributed by atoms with Crippen LogP contribution in [0.2, 0.25) is 0 Å². The average Bonchev–Trinajstić information content (AvgIpc) is 2.47. The summed E-state index contributed by atoms with van der Waals surface area (Å²) in [6.07, 6.45) is 4.84. The molecule has 1 aromatic heterocycles. The molecular weight excluding hydrogens is 210 g/mol. The lowest BCUT2D eigenvalue weighted by Gasteiger charge is -2.29. The Morgan fingerprint density at radius 1 is 1.29 bits per heavy atom. The summed E-state index contributed by atoms with van der Waals surface area (Å²) in [5, 5.41) is 8.74. The van der Waals surface area contributed by atoms with Crippen LogP contribution in [0.1, 0.15) is 64.9 Å². The van der Waals surface area contributed by atoms with E-state index in [1.165, 1.54) is 24.2 Å². The molecule has 0 spiro atoms. The zero-order valence-electron chi connectivity index (χ0n) is 11.8. The summed E-state index contributed by atoms with van der Waals surface area (Å²) in [6.45, 7) is 11.4. The van der Waals surface area contributed by atoms with E-state index in [2.05, 4.69) is 49.6 Å². The highest BCUT2D eigenvalue weighted by Gasteiger charge is 2.29. The Morgan fingerprint density at radius 3 is 2.59 bits per heavy atom. The Balaban J connectivity index is 2.28. The van der Waals surface area contributed by atoms with Gasteiger partial charge in [0, 0.05) is 6.04 Å². The van der Waals surface area contributed by atoms with Gasteiger partial charge in [-0.15, -0.1) is 5.10 Å². The number of rotatable bonds is 1. The van der Waals surface area contributed by atoms with Crippen LogP contribution in [0, 0.1) is 11.3 Å². The van der Waals surface area contributed by atoms with Crippen LogP contribution in [-0.2, 0) is 12.8 Å². The quantitative estimate of drug-likeness (QED) is 0.698. The second kappa shape index (κ2) is 4.43. The second-order valence-electron chi connectivity index (χ2n) is 6.68. The predicted molar refractivity (Wildman–Crippen MR) is 70.0 cm³/mol. The minimum atomic E-state index is 0.378. The zero-order valence-corrected chi connectivity index (χ0v) is 11.8. The summed E-state index contributed by atoms with van der Waals surface area (Å²) < 4.78 is 2.11. The Kier molecular flexibility index (Phi) is 3.28. The van der Waals surface area contributed by atoms with E-state index in [-0.39, 0.29) is 0 Å². The maximum atomic E-state index is 4.41. The molecule has 17 heavy (non-hydrogen) atoms. The molecule has 96 valence electrons. The molecule has 0 radical (unpaired) electrons. The summed E-state index contributed by atoms with van der Waals surface area (Å²) in [5.74, 6) is 0.737. The fraction of sp³-hybridized carbons (Fsp3) is 0.857. The van der Waals surface area contributed by atoms with Crippen molar-refractivity contribution in [2.75, 3.05) is 0 Å². The number of hydrogen-bond donors (Lipinski definition) is 0. The van der Waals surface area contributed by atoms with E-state index in [1.807, 2.05) is 0 Å². The normalized spacial score (nSPS) is 21.4. The van der Waals surface area contributed by atoms with Gasteiger partial charge < -0.3 is 0 Å². The van der Waals surface area contributed by atoms with Gasteiger partial charge in [-0.3, -0.25) is 0 Å². The first kappa shape index (κ1) is 12.6. The fourth-order valence-corrected chi connectivity index (χ4v) is 2.77. The van der Waals surface area contributed by atoms with Gasteiger partial charge in [-0.2, -0.15) is 0 Å². The molecule has 1 atom stereocenters. The van der Waals surface area contributed by atoms with Crippen molar-refractivity contribution in [1.29, 1.82) is 0 Å². The van der Waals surface area contributed by atoms with Crippen LogP contribution in [0.25, 0.3) is 0 Å². The molecule has 1 aliphatic carbocycles. The molecule has 2 rings (SSSR count). The third kappa shape index (κ3) is 2.53. The molecule has 0 aliphatic heterocycles. The minimum Gasteiger partial charge on any atom is -0.247 e. The molecule has 1 aliphatic rings. The first-order chi connectivity index (χ1) is 7.89. The number of hydrogen-bond acceptors (Lipinski definition) is 2. The largest absolute Gasteiger partial charge is 0.247 e. The van der Waals surface area contributed by atoms with Crippen molar-refractivity contribution in [2.24, 2.45) is 11.3 Å². The van der Waals surface area contributed by atoms with Gasteiger partial charge in [0.05, 0.1) is 11.4 Å². The van der Waals surface area contributed by atoms with Gasteiger partial charge in [0.15, 0.2) is 0 Å². The number of aromatic nitrogens is 3. The lowest BCUT2D eigenvalue weighted by molar-refractivity contribution is 0.222. The maximum absolute atomic E-state index is 4.41. The van der Waals surface area contributed by atoms with Crippen LogP contribution in [-0.4, -0.2) is 15.0 Å². The summed E-state index contributed by atoms with van der Waals surface area (Å²) in [7, 11) is 0. The van der Waals surface area contributed by atoms with Gasteiger partial charge in [-0.25, -0.2) is 4.68 Å². The average molecular weight is 235 g/mol. The van der Waals surface area contributed by atoms with E-state index < -0.39 is 0 Å². The van der Waals surface area contributed by atoms with Crippen LogP contribution in [0.4, 0.5) is 0 Å². The van der Waals surface area contributed by atoms with Crippen molar-refractivity contribution in [3.05, 3.63) is 11.4 Å². The molecule has 0 amide bonds. The molecule has 0 bridgehead atoms. The van der Waals surface area contributed by atoms with Gasteiger partial charge in [-0.05, 0) is 50.9 Å². The molecule has 1 aromatic rings. The van der Waals surface area contributed by atoms with E-state index in [0.29, 0.717) is 11.5 Å². The van der Waals surface area contributed by atoms with E-state index >= 15 is 0 Å². The Labute approximate surface area is 105 Å². The Morgan fingerprint density at radius 2 is 2.00 bits per heavy atom. The standard InChI is InChI=1S/C14H25N3/c1-10(2)17-13-8-6-7-11(14(3,4)5)9-12(13)15-16-17/h10-11H,6-9H2,1-5H3. The first-order valence-electron chi connectivity index (χ1n) is 6.82. The summed E-state index contributed by atoms with van der Waals surface area (Å²) >= 11 is 0. The van der Waals surface area contributed by atoms with Crippen LogP contribution >= 0.6 is 0 Å². The molecule has 0 fully saturated rings. The minimum absolute atomic E-state index is 0.378. The smallest absolute Gasteiger partial charge is 0.0862 e. The molecule has 1 unspecified atom stereocenters. The highest BCUT2D eigenvalue weighted by atomic mass is 15.4. The molecule has 3 heteroatoms. The molecule has 0 saturated heterocycles. The van der Waals surface area contributed by atoms with E-state index in [1.54, 1.807) is 0 Å². The highest BCUT2D eigenvalue weighted by Crippen LogP contribution is 2.36. The fourth-order valence-electron chi connectivity index (χ4n) is 2.77. The highest BCUT2D eigenvalue weighted by molar-refractivity contribution is 5.14. The topological polar surface area (TPSA) is 30.7 Å². The maximum Gasteiger partial charge on any atom is 0.0862 e. The molecule has 0 N–H and O–H groups in total. The molecule has 0 saturated carbocycles. The van der Waals surface area contributed by atoms with Crippen molar-refractivity contribution < 1.29 is 0 Å². The van der Waals surface area contributed by atoms with Gasteiger partial charge in [0.25, 0.3) is 0 Å². The monoisotopic (exact) mass is 235 g/mol. The van der Waals surface area contributed by atoms with E-state index in [0.717, 1.165) is 18.8 Å². The van der Waals surface area contributed by atoms with Crippen molar-refractivity contribution in [3.63, 3.8) is 0 Å². The zero-order chi connectivity index (χ0) is 12.6. The first-order valence-corrected chi connectivity index (χ1v) is 6.82. The Hall–Kier alpha value is -0.860. The lowest BCUT2D eigenvalue weighted by Crippen LogP contribution is -2.22. The van der Waals surface area contributed by atoms with E-state index in [9.17, 15) is 0 Å². The van der Waals surface area contributed by atoms with E-state index in [4.69, 9.17) is 0 Å². The number of nitrogens with zero attached hydrogens (tertiary/aromatic N) is 3. The van der Waals surface area contributed by atoms with Gasteiger partial charge >= 0.3 is 0 Å². The van der Waals surface area contributed by atoms with Gasteiger partial charge in [0.1, 0.15) is 0 Å². The van der Waals surface area contributed by atoms with Gasteiger partial charge in [0.2, 0.25) is 0 Å². The summed E-state index contributed by atoms with van der Waals surface area (Å²) in [5.41, 5.74) is 3.01. The lowest BCUT2D eigenvalue weighted by atomic mass is 9.76. The second-order valence-corrected chi connectivity index (χ2v) is 6.68. The molecule has 0 aromatic carbocycles. The van der Waals surface area contributed by atoms with Crippen molar-refractivity contribution in [1.82, 2.24) is 15.0 Å². The number of fused-ring (bicyclic) bond motifs is 1. The van der Waals surface area contributed by atoms with Gasteiger partial charge in [-0.1, -0.05) is 26.0 Å². The van der Waals surface area contributed by atoms with Crippen LogP contribution < -0.4 is 0 Å². The third-order valence-electron chi connectivity index (χ3n) is 3.99. The summed E-state index contributed by atoms with van der Waals surface area (Å²) in [4.78, 5) is 0. The van der Waals surface area contributed by atoms with Crippen molar-refractivity contribution in [3.8, 4) is 0 Å². The third-order valence-corrected chi connectivity index (χ3v) is 3.99. The molecule has 1 heterocycles. The SMILES string of the molecule is CC(C)n1nnc2c1CCCC(C(C)(C)C)C2. The van der Waals surface area contributed by atoms with Crippen LogP contribution in [0.3, 0.4) is 0 Å². The predicted octanol–water partition coefficient (Wildman–Crippen LogP) is 3.40. The summed E-state index contributed by atoms with van der Waals surface area (Å²) in [6, 6.07) is 0.428. The van der Waals surface area contributed by atoms with Crippen LogP contribution in [0.15, 0.2) is 0 Å². The molecular formula is C14H25N3. The molecule has 3 nitrogen and oxygen atoms in total. The van der Waals surface area contributed by atoms with Crippen molar-refractivity contribution in [2.45, 2.75) is 66.3 Å².